The van der Waals surface area contributed by atoms with Crippen molar-refractivity contribution in [2.24, 2.45) is 11.5 Å². The van der Waals surface area contributed by atoms with Gasteiger partial charge in [-0.3, -0.25) is 10.5 Å². The Morgan fingerprint density at radius 2 is 2.10 bits per heavy atom. The molecule has 0 aliphatic rings. The van der Waals surface area contributed by atoms with Crippen molar-refractivity contribution in [2.75, 3.05) is 6.54 Å². The Morgan fingerprint density at radius 3 is 2.50 bits per heavy atom. The van der Waals surface area contributed by atoms with Crippen LogP contribution in [0.3, 0.4) is 0 Å². The van der Waals surface area contributed by atoms with Gasteiger partial charge in [0.1, 0.15) is 0 Å². The molecule has 1 atom stereocenters. The minimum Gasteiger partial charge on any atom is -0.369 e. The summed E-state index contributed by atoms with van der Waals surface area (Å²) >= 11 is 0. The number of carbonyl (C=O) groups is 1. The first kappa shape index (κ1) is 9.55. The lowest BCUT2D eigenvalue weighted by Crippen LogP contribution is -2.41. The van der Waals surface area contributed by atoms with Crippen LogP contribution in [0.2, 0.25) is 0 Å². The van der Waals surface area contributed by atoms with Gasteiger partial charge in [-0.2, -0.15) is 0 Å². The zero-order valence-corrected chi connectivity index (χ0v) is 5.92. The van der Waals surface area contributed by atoms with Gasteiger partial charge in [-0.25, -0.2) is 0 Å². The van der Waals surface area contributed by atoms with Crippen LogP contribution < -0.4 is 11.5 Å². The van der Waals surface area contributed by atoms with Gasteiger partial charge in [0.2, 0.25) is 0 Å². The van der Waals surface area contributed by atoms with Crippen LogP contribution in [0.5, 0.6) is 0 Å². The van der Waals surface area contributed by atoms with Gasteiger partial charge in [-0.05, 0) is 25.8 Å². The molecule has 60 valence electrons. The van der Waals surface area contributed by atoms with Gasteiger partial charge in [0, 0.05) is 0 Å². The molecule has 0 amide bonds. The van der Waals surface area contributed by atoms with Crippen molar-refractivity contribution in [3.05, 3.63) is 0 Å². The molecule has 0 aliphatic carbocycles. The topological polar surface area (TPSA) is 89.3 Å². The highest BCUT2D eigenvalue weighted by molar-refractivity contribution is 5.60. The van der Waals surface area contributed by atoms with Gasteiger partial charge in [0.05, 0.1) is 0 Å². The second kappa shape index (κ2) is 4.38. The second-order valence-electron chi connectivity index (χ2n) is 2.35. The van der Waals surface area contributed by atoms with Crippen molar-refractivity contribution in [1.82, 2.24) is 0 Å². The maximum Gasteiger partial charge on any atom is 0.169 e. The number of hydrogen-bond acceptors (Lipinski definition) is 4. The SMILES string of the molecule is NCCCC[C@@](N)(O)C=O. The Morgan fingerprint density at radius 1 is 1.50 bits per heavy atom. The van der Waals surface area contributed by atoms with Crippen molar-refractivity contribution in [2.45, 2.75) is 25.0 Å². The Kier molecular flexibility index (Phi) is 4.18. The molecule has 10 heavy (non-hydrogen) atoms. The lowest BCUT2D eigenvalue weighted by molar-refractivity contribution is -0.124. The van der Waals surface area contributed by atoms with E-state index < -0.39 is 5.72 Å². The summed E-state index contributed by atoms with van der Waals surface area (Å²) in [5.74, 6) is 0. The summed E-state index contributed by atoms with van der Waals surface area (Å²) in [4.78, 5) is 10.0. The average molecular weight is 146 g/mol. The third-order valence-corrected chi connectivity index (χ3v) is 1.24. The largest absolute Gasteiger partial charge is 0.369 e. The van der Waals surface area contributed by atoms with Crippen molar-refractivity contribution in [3.63, 3.8) is 0 Å². The molecule has 0 heterocycles. The Balaban J connectivity index is 3.37. The number of rotatable bonds is 5. The maximum atomic E-state index is 10.0. The van der Waals surface area contributed by atoms with Gasteiger partial charge < -0.3 is 10.8 Å². The number of aliphatic hydroxyl groups is 1. The summed E-state index contributed by atoms with van der Waals surface area (Å²) in [6, 6.07) is 0. The van der Waals surface area contributed by atoms with Crippen LogP contribution in [0.1, 0.15) is 19.3 Å². The van der Waals surface area contributed by atoms with Crippen molar-refractivity contribution in [1.29, 1.82) is 0 Å². The molecule has 0 spiro atoms. The molecule has 0 rings (SSSR count). The number of nitrogens with two attached hydrogens (primary N) is 2. The van der Waals surface area contributed by atoms with E-state index >= 15 is 0 Å². The molecule has 0 fully saturated rings. The zero-order valence-electron chi connectivity index (χ0n) is 5.92. The van der Waals surface area contributed by atoms with Gasteiger partial charge in [0.15, 0.2) is 12.0 Å². The lowest BCUT2D eigenvalue weighted by atomic mass is 10.1. The number of unbranched alkanes of at least 4 members (excludes halogenated alkanes) is 1. The van der Waals surface area contributed by atoms with Gasteiger partial charge >= 0.3 is 0 Å². The molecule has 4 heteroatoms. The van der Waals surface area contributed by atoms with Crippen LogP contribution in [-0.4, -0.2) is 23.7 Å². The molecule has 0 saturated heterocycles. The monoisotopic (exact) mass is 146 g/mol. The van der Waals surface area contributed by atoms with E-state index in [1.807, 2.05) is 0 Å². The molecule has 0 bridgehead atoms. The van der Waals surface area contributed by atoms with E-state index in [1.165, 1.54) is 0 Å². The summed E-state index contributed by atoms with van der Waals surface area (Å²) in [5, 5.41) is 8.92. The van der Waals surface area contributed by atoms with Gasteiger partial charge in [-0.15, -0.1) is 0 Å². The highest BCUT2D eigenvalue weighted by atomic mass is 16.3. The summed E-state index contributed by atoms with van der Waals surface area (Å²) in [5.41, 5.74) is 8.65. The fourth-order valence-electron chi connectivity index (χ4n) is 0.611. The normalized spacial score (nSPS) is 16.3. The molecule has 4 nitrogen and oxygen atoms in total. The van der Waals surface area contributed by atoms with Gasteiger partial charge in [-0.1, -0.05) is 0 Å². The van der Waals surface area contributed by atoms with Crippen LogP contribution in [0, 0.1) is 0 Å². The summed E-state index contributed by atoms with van der Waals surface area (Å²) in [7, 11) is 0. The standard InChI is InChI=1S/C6H14N2O2/c7-4-2-1-3-6(8,10)5-9/h5,10H,1-4,7-8H2/t6-/m1/s1. The molecule has 0 unspecified atom stereocenters. The van der Waals surface area contributed by atoms with E-state index in [2.05, 4.69) is 0 Å². The summed E-state index contributed by atoms with van der Waals surface area (Å²) < 4.78 is 0. The first-order valence-electron chi connectivity index (χ1n) is 3.30. The molecule has 0 saturated carbocycles. The zero-order chi connectivity index (χ0) is 8.04. The van der Waals surface area contributed by atoms with Crippen molar-refractivity contribution >= 4 is 6.29 Å². The van der Waals surface area contributed by atoms with Crippen molar-refractivity contribution in [3.8, 4) is 0 Å². The quantitative estimate of drug-likeness (QED) is 0.262. The van der Waals surface area contributed by atoms with E-state index in [9.17, 15) is 4.79 Å². The van der Waals surface area contributed by atoms with E-state index in [0.717, 1.165) is 6.42 Å². The summed E-state index contributed by atoms with van der Waals surface area (Å²) in [6.07, 6.45) is 2.10. The average Bonchev–Trinajstić information content (AvgIpc) is 1.89. The first-order chi connectivity index (χ1) is 4.62. The molecular weight excluding hydrogens is 132 g/mol. The smallest absolute Gasteiger partial charge is 0.169 e. The predicted octanol–water partition coefficient (Wildman–Crippen LogP) is -1.04. The Labute approximate surface area is 60.2 Å². The predicted molar refractivity (Wildman–Crippen MR) is 38.1 cm³/mol. The van der Waals surface area contributed by atoms with Crippen LogP contribution in [0.4, 0.5) is 0 Å². The first-order valence-corrected chi connectivity index (χ1v) is 3.30. The maximum absolute atomic E-state index is 10.0. The lowest BCUT2D eigenvalue weighted by Gasteiger charge is -2.14. The van der Waals surface area contributed by atoms with E-state index in [0.29, 0.717) is 19.3 Å². The third-order valence-electron chi connectivity index (χ3n) is 1.24. The molecule has 0 radical (unpaired) electrons. The van der Waals surface area contributed by atoms with Crippen LogP contribution in [0.25, 0.3) is 0 Å². The minimum absolute atomic E-state index is 0.285. The molecule has 0 aromatic carbocycles. The highest BCUT2D eigenvalue weighted by Gasteiger charge is 2.17. The molecule has 5 N–H and O–H groups in total. The Bertz CT molecular complexity index is 104. The highest BCUT2D eigenvalue weighted by Crippen LogP contribution is 2.03. The van der Waals surface area contributed by atoms with E-state index in [1.54, 1.807) is 0 Å². The van der Waals surface area contributed by atoms with Gasteiger partial charge in [0.25, 0.3) is 0 Å². The molecular formula is C6H14N2O2. The number of carbonyl (C=O) groups excluding carboxylic acids is 1. The Hall–Kier alpha value is -0.450. The summed E-state index contributed by atoms with van der Waals surface area (Å²) in [6.45, 7) is 0.564. The number of aldehydes is 1. The second-order valence-corrected chi connectivity index (χ2v) is 2.35. The van der Waals surface area contributed by atoms with Crippen molar-refractivity contribution < 1.29 is 9.90 Å². The van der Waals surface area contributed by atoms with E-state index in [4.69, 9.17) is 16.6 Å². The third kappa shape index (κ3) is 4.43. The van der Waals surface area contributed by atoms with E-state index in [-0.39, 0.29) is 6.42 Å². The number of hydrogen-bond donors (Lipinski definition) is 3. The molecule has 0 aliphatic heterocycles. The van der Waals surface area contributed by atoms with Crippen LogP contribution in [-0.2, 0) is 4.79 Å². The fraction of sp³-hybridized carbons (Fsp3) is 0.833. The van der Waals surface area contributed by atoms with Crippen LogP contribution in [0.15, 0.2) is 0 Å². The fourth-order valence-corrected chi connectivity index (χ4v) is 0.611. The molecule has 0 aromatic rings. The molecule has 0 aromatic heterocycles. The van der Waals surface area contributed by atoms with Crippen LogP contribution >= 0.6 is 0 Å². The minimum atomic E-state index is -1.64.